The maximum Gasteiger partial charge on any atom is 0.303 e. The Balaban J connectivity index is 1.98. The third-order valence-corrected chi connectivity index (χ3v) is 3.51. The number of amides is 1. The van der Waals surface area contributed by atoms with Crippen LogP contribution in [-0.2, 0) is 11.3 Å². The molecule has 1 aliphatic rings. The number of hydrogen-bond donors (Lipinski definition) is 2. The van der Waals surface area contributed by atoms with Gasteiger partial charge in [-0.25, -0.2) is 4.98 Å². The van der Waals surface area contributed by atoms with Gasteiger partial charge in [0.15, 0.2) is 0 Å². The van der Waals surface area contributed by atoms with Gasteiger partial charge < -0.3 is 20.3 Å². The Morgan fingerprint density at radius 2 is 2.30 bits per heavy atom. The number of hydrogen-bond acceptors (Lipinski definition) is 4. The Labute approximate surface area is 117 Å². The molecule has 0 aromatic carbocycles. The number of imidazole rings is 1. The fourth-order valence-corrected chi connectivity index (χ4v) is 2.57. The Kier molecular flexibility index (Phi) is 4.73. The van der Waals surface area contributed by atoms with Gasteiger partial charge >= 0.3 is 5.97 Å². The van der Waals surface area contributed by atoms with E-state index in [-0.39, 0.29) is 18.2 Å². The van der Waals surface area contributed by atoms with Crippen molar-refractivity contribution in [2.45, 2.75) is 25.8 Å². The summed E-state index contributed by atoms with van der Waals surface area (Å²) in [6.45, 7) is 2.28. The molecule has 2 rings (SSSR count). The molecule has 1 unspecified atom stereocenters. The van der Waals surface area contributed by atoms with Gasteiger partial charge in [0.1, 0.15) is 5.69 Å². The molecule has 3 N–H and O–H groups in total. The van der Waals surface area contributed by atoms with Gasteiger partial charge in [-0.3, -0.25) is 9.59 Å². The predicted molar refractivity (Wildman–Crippen MR) is 72.2 cm³/mol. The van der Waals surface area contributed by atoms with Gasteiger partial charge in [0.05, 0.1) is 6.33 Å². The molecule has 7 nitrogen and oxygen atoms in total. The minimum absolute atomic E-state index is 0.0383. The van der Waals surface area contributed by atoms with Crippen LogP contribution in [0.1, 0.15) is 29.8 Å². The number of aliphatic carboxylic acids is 1. The van der Waals surface area contributed by atoms with Gasteiger partial charge in [-0.2, -0.15) is 0 Å². The van der Waals surface area contributed by atoms with E-state index in [9.17, 15) is 9.59 Å². The van der Waals surface area contributed by atoms with E-state index in [1.165, 1.54) is 0 Å². The third kappa shape index (κ3) is 3.57. The summed E-state index contributed by atoms with van der Waals surface area (Å²) in [7, 11) is 0. The first-order valence-corrected chi connectivity index (χ1v) is 6.83. The lowest BCUT2D eigenvalue weighted by atomic mass is 9.95. The summed E-state index contributed by atoms with van der Waals surface area (Å²) < 4.78 is 1.78. The monoisotopic (exact) mass is 280 g/mol. The number of carbonyl (C=O) groups excluding carboxylic acids is 1. The highest BCUT2D eigenvalue weighted by Gasteiger charge is 2.26. The van der Waals surface area contributed by atoms with E-state index in [1.807, 2.05) is 0 Å². The van der Waals surface area contributed by atoms with Crippen LogP contribution in [0.3, 0.4) is 0 Å². The van der Waals surface area contributed by atoms with Crippen molar-refractivity contribution in [3.05, 3.63) is 18.2 Å². The first-order valence-electron chi connectivity index (χ1n) is 6.83. The fraction of sp³-hybridized carbons (Fsp3) is 0.615. The normalized spacial score (nSPS) is 19.1. The summed E-state index contributed by atoms with van der Waals surface area (Å²) in [6.07, 6.45) is 5.10. The number of rotatable bonds is 5. The van der Waals surface area contributed by atoms with Crippen LogP contribution in [0.5, 0.6) is 0 Å². The van der Waals surface area contributed by atoms with E-state index in [4.69, 9.17) is 10.8 Å². The van der Waals surface area contributed by atoms with Gasteiger partial charge in [-0.1, -0.05) is 0 Å². The summed E-state index contributed by atoms with van der Waals surface area (Å²) in [5, 5.41) is 8.84. The first kappa shape index (κ1) is 14.5. The van der Waals surface area contributed by atoms with Crippen molar-refractivity contribution < 1.29 is 14.7 Å². The van der Waals surface area contributed by atoms with Crippen molar-refractivity contribution in [1.82, 2.24) is 14.5 Å². The smallest absolute Gasteiger partial charge is 0.303 e. The number of carboxylic acids is 1. The molecular formula is C13H20N4O3. The largest absolute Gasteiger partial charge is 0.481 e. The summed E-state index contributed by atoms with van der Waals surface area (Å²) in [4.78, 5) is 28.9. The lowest BCUT2D eigenvalue weighted by Gasteiger charge is -2.31. The van der Waals surface area contributed by atoms with Crippen LogP contribution >= 0.6 is 0 Å². The lowest BCUT2D eigenvalue weighted by molar-refractivity contribution is -0.138. The number of carboxylic acid groups (broad SMARTS) is 1. The molecule has 0 saturated carbocycles. The van der Waals surface area contributed by atoms with Crippen molar-refractivity contribution in [3.63, 3.8) is 0 Å². The van der Waals surface area contributed by atoms with Crippen LogP contribution in [-0.4, -0.2) is 51.1 Å². The lowest BCUT2D eigenvalue weighted by Crippen LogP contribution is -2.40. The minimum atomic E-state index is -0.809. The molecule has 1 amide bonds. The van der Waals surface area contributed by atoms with E-state index in [0.717, 1.165) is 12.8 Å². The Morgan fingerprint density at radius 3 is 3.00 bits per heavy atom. The highest BCUT2D eigenvalue weighted by atomic mass is 16.4. The van der Waals surface area contributed by atoms with Crippen LogP contribution in [0.4, 0.5) is 0 Å². The Morgan fingerprint density at radius 1 is 1.50 bits per heavy atom. The van der Waals surface area contributed by atoms with E-state index < -0.39 is 5.97 Å². The Bertz CT molecular complexity index is 486. The molecule has 0 radical (unpaired) electrons. The van der Waals surface area contributed by atoms with Gasteiger partial charge in [0.25, 0.3) is 5.91 Å². The van der Waals surface area contributed by atoms with Gasteiger partial charge in [0.2, 0.25) is 0 Å². The van der Waals surface area contributed by atoms with E-state index in [0.29, 0.717) is 31.9 Å². The second-order valence-corrected chi connectivity index (χ2v) is 5.14. The van der Waals surface area contributed by atoms with Crippen LogP contribution in [0.25, 0.3) is 0 Å². The molecule has 0 bridgehead atoms. The van der Waals surface area contributed by atoms with E-state index in [1.54, 1.807) is 22.0 Å². The molecule has 7 heteroatoms. The van der Waals surface area contributed by atoms with Crippen molar-refractivity contribution >= 4 is 11.9 Å². The van der Waals surface area contributed by atoms with Crippen LogP contribution in [0.15, 0.2) is 12.5 Å². The zero-order valence-corrected chi connectivity index (χ0v) is 11.4. The van der Waals surface area contributed by atoms with Crippen molar-refractivity contribution in [2.75, 3.05) is 19.6 Å². The number of nitrogens with zero attached hydrogens (tertiary/aromatic N) is 3. The second kappa shape index (κ2) is 6.51. The zero-order valence-electron chi connectivity index (χ0n) is 11.4. The van der Waals surface area contributed by atoms with E-state index in [2.05, 4.69) is 4.98 Å². The minimum Gasteiger partial charge on any atom is -0.481 e. The molecule has 1 saturated heterocycles. The molecule has 2 heterocycles. The average molecular weight is 280 g/mol. The van der Waals surface area contributed by atoms with Gasteiger partial charge in [0, 0.05) is 38.8 Å². The predicted octanol–water partition coefficient (Wildman–Crippen LogP) is 0.169. The first-order chi connectivity index (χ1) is 9.60. The van der Waals surface area contributed by atoms with Crippen LogP contribution in [0, 0.1) is 5.92 Å². The summed E-state index contributed by atoms with van der Waals surface area (Å²) in [6, 6.07) is 0. The quantitative estimate of drug-likeness (QED) is 0.800. The molecule has 0 spiro atoms. The molecule has 1 fully saturated rings. The summed E-state index contributed by atoms with van der Waals surface area (Å²) in [5.41, 5.74) is 5.85. The molecule has 1 aromatic heterocycles. The van der Waals surface area contributed by atoms with Crippen LogP contribution in [0.2, 0.25) is 0 Å². The van der Waals surface area contributed by atoms with E-state index >= 15 is 0 Å². The highest BCUT2D eigenvalue weighted by molar-refractivity contribution is 5.92. The maximum atomic E-state index is 12.3. The standard InChI is InChI=1S/C13H20N4O3/c14-3-5-16-8-11(15-9-16)13(20)17-4-1-2-10(7-17)6-12(18)19/h8-10H,1-7,14H2,(H,18,19). The molecule has 20 heavy (non-hydrogen) atoms. The zero-order chi connectivity index (χ0) is 14.5. The van der Waals surface area contributed by atoms with Gasteiger partial charge in [-0.15, -0.1) is 0 Å². The molecule has 1 aliphatic heterocycles. The highest BCUT2D eigenvalue weighted by Crippen LogP contribution is 2.20. The summed E-state index contributed by atoms with van der Waals surface area (Å²) in [5.74, 6) is -0.899. The molecule has 110 valence electrons. The fourth-order valence-electron chi connectivity index (χ4n) is 2.57. The Hall–Kier alpha value is -1.89. The number of likely N-dealkylation sites (tertiary alicyclic amines) is 1. The molecule has 1 atom stereocenters. The third-order valence-electron chi connectivity index (χ3n) is 3.51. The second-order valence-electron chi connectivity index (χ2n) is 5.14. The molecule has 0 aliphatic carbocycles. The number of nitrogens with two attached hydrogens (primary N) is 1. The van der Waals surface area contributed by atoms with Crippen LogP contribution < -0.4 is 5.73 Å². The van der Waals surface area contributed by atoms with Crippen molar-refractivity contribution in [1.29, 1.82) is 0 Å². The van der Waals surface area contributed by atoms with Crippen molar-refractivity contribution in [3.8, 4) is 0 Å². The number of aromatic nitrogens is 2. The SMILES string of the molecule is NCCn1cnc(C(=O)N2CCCC(CC(=O)O)C2)c1. The molecular weight excluding hydrogens is 260 g/mol. The topological polar surface area (TPSA) is 101 Å². The number of piperidine rings is 1. The average Bonchev–Trinajstić information content (AvgIpc) is 2.86. The van der Waals surface area contributed by atoms with Gasteiger partial charge in [-0.05, 0) is 18.8 Å². The number of carbonyl (C=O) groups is 2. The maximum absolute atomic E-state index is 12.3. The van der Waals surface area contributed by atoms with Crippen molar-refractivity contribution in [2.24, 2.45) is 11.7 Å². The summed E-state index contributed by atoms with van der Waals surface area (Å²) >= 11 is 0. The molecule has 1 aromatic rings.